The van der Waals surface area contributed by atoms with Gasteiger partial charge in [0.1, 0.15) is 4.75 Å². The molecule has 0 rings (SSSR count). The molecule has 0 bridgehead atoms. The summed E-state index contributed by atoms with van der Waals surface area (Å²) in [6.45, 7) is 6.97. The molecule has 0 saturated carbocycles. The fourth-order valence-corrected chi connectivity index (χ4v) is 1.60. The van der Waals surface area contributed by atoms with Gasteiger partial charge in [-0.25, -0.2) is 0 Å². The van der Waals surface area contributed by atoms with E-state index in [1.165, 1.54) is 11.8 Å². The fraction of sp³-hybridized carbons (Fsp3) is 0.900. The predicted octanol–water partition coefficient (Wildman–Crippen LogP) is 2.40. The van der Waals surface area contributed by atoms with Gasteiger partial charge in [0, 0.05) is 12.4 Å². The van der Waals surface area contributed by atoms with Crippen molar-refractivity contribution in [2.75, 3.05) is 19.0 Å². The third-order valence-electron chi connectivity index (χ3n) is 1.85. The second-order valence-electron chi connectivity index (χ2n) is 3.63. The highest BCUT2D eigenvalue weighted by Crippen LogP contribution is 2.23. The monoisotopic (exact) mass is 220 g/mol. The molecular weight excluding hydrogens is 200 g/mol. The van der Waals surface area contributed by atoms with Crippen LogP contribution in [0, 0.1) is 0 Å². The normalized spacial score (nSPS) is 11.6. The Morgan fingerprint density at radius 1 is 1.43 bits per heavy atom. The summed E-state index contributed by atoms with van der Waals surface area (Å²) in [5.74, 6) is -0.0284. The second kappa shape index (κ2) is 7.12. The molecule has 0 spiro atoms. The van der Waals surface area contributed by atoms with Crippen molar-refractivity contribution in [2.45, 2.75) is 38.4 Å². The van der Waals surface area contributed by atoms with Gasteiger partial charge in [0.15, 0.2) is 0 Å². The van der Waals surface area contributed by atoms with Crippen LogP contribution in [0.2, 0.25) is 0 Å². The maximum absolute atomic E-state index is 10.7. The van der Waals surface area contributed by atoms with E-state index in [0.29, 0.717) is 6.61 Å². The van der Waals surface area contributed by atoms with E-state index in [1.54, 1.807) is 13.8 Å². The van der Waals surface area contributed by atoms with Crippen LogP contribution in [0.1, 0.15) is 33.6 Å². The Bertz CT molecular complexity index is 169. The average Bonchev–Trinajstić information content (AvgIpc) is 2.10. The van der Waals surface area contributed by atoms with Gasteiger partial charge in [-0.3, -0.25) is 4.79 Å². The van der Waals surface area contributed by atoms with Crippen LogP contribution in [0.3, 0.4) is 0 Å². The standard InChI is InChI=1S/C10H20O3S/c1-4-5-6-13-7-8-14-10(2,3)9(11)12/h4-8H2,1-3H3,(H,11,12). The van der Waals surface area contributed by atoms with E-state index in [2.05, 4.69) is 6.92 Å². The lowest BCUT2D eigenvalue weighted by molar-refractivity contribution is -0.138. The number of hydrogen-bond acceptors (Lipinski definition) is 3. The summed E-state index contributed by atoms with van der Waals surface area (Å²) in [5.41, 5.74) is 0. The Morgan fingerprint density at radius 3 is 2.57 bits per heavy atom. The number of aliphatic carboxylic acids is 1. The van der Waals surface area contributed by atoms with Crippen molar-refractivity contribution in [1.29, 1.82) is 0 Å². The van der Waals surface area contributed by atoms with Crippen LogP contribution in [-0.2, 0) is 9.53 Å². The summed E-state index contributed by atoms with van der Waals surface area (Å²) in [4.78, 5) is 10.7. The number of carbonyl (C=O) groups is 1. The summed E-state index contributed by atoms with van der Waals surface area (Å²) < 4.78 is 4.64. The molecule has 4 heteroatoms. The number of hydrogen-bond donors (Lipinski definition) is 1. The maximum Gasteiger partial charge on any atom is 0.319 e. The van der Waals surface area contributed by atoms with E-state index in [1.807, 2.05) is 0 Å². The van der Waals surface area contributed by atoms with E-state index >= 15 is 0 Å². The highest BCUT2D eigenvalue weighted by Gasteiger charge is 2.26. The van der Waals surface area contributed by atoms with E-state index in [9.17, 15) is 4.79 Å². The SMILES string of the molecule is CCCCOCCSC(C)(C)C(=O)O. The number of carboxylic acid groups (broad SMARTS) is 1. The number of rotatable bonds is 8. The molecule has 0 aromatic carbocycles. The molecule has 14 heavy (non-hydrogen) atoms. The summed E-state index contributed by atoms with van der Waals surface area (Å²) in [7, 11) is 0. The molecule has 1 N–H and O–H groups in total. The smallest absolute Gasteiger partial charge is 0.319 e. The van der Waals surface area contributed by atoms with Gasteiger partial charge in [0.25, 0.3) is 0 Å². The van der Waals surface area contributed by atoms with Gasteiger partial charge >= 0.3 is 5.97 Å². The molecular formula is C10H20O3S. The van der Waals surface area contributed by atoms with Gasteiger partial charge < -0.3 is 9.84 Å². The zero-order valence-electron chi connectivity index (χ0n) is 9.21. The average molecular weight is 220 g/mol. The molecule has 0 aliphatic heterocycles. The third kappa shape index (κ3) is 6.27. The van der Waals surface area contributed by atoms with Crippen LogP contribution in [0.5, 0.6) is 0 Å². The number of unbranched alkanes of at least 4 members (excludes halogenated alkanes) is 1. The van der Waals surface area contributed by atoms with Gasteiger partial charge in [-0.05, 0) is 20.3 Å². The van der Waals surface area contributed by atoms with Crippen molar-refractivity contribution < 1.29 is 14.6 Å². The van der Waals surface area contributed by atoms with Gasteiger partial charge in [0.2, 0.25) is 0 Å². The largest absolute Gasteiger partial charge is 0.480 e. The van der Waals surface area contributed by atoms with Crippen LogP contribution in [0.25, 0.3) is 0 Å². The van der Waals surface area contributed by atoms with E-state index in [0.717, 1.165) is 25.2 Å². The zero-order chi connectivity index (χ0) is 11.0. The van der Waals surface area contributed by atoms with Crippen molar-refractivity contribution in [2.24, 2.45) is 0 Å². The number of carboxylic acids is 1. The predicted molar refractivity (Wildman–Crippen MR) is 59.9 cm³/mol. The van der Waals surface area contributed by atoms with Crippen molar-refractivity contribution in [3.63, 3.8) is 0 Å². The molecule has 0 aromatic heterocycles. The third-order valence-corrected chi connectivity index (χ3v) is 3.11. The first-order chi connectivity index (χ1) is 6.50. The number of ether oxygens (including phenoxy) is 1. The van der Waals surface area contributed by atoms with Gasteiger partial charge in [-0.2, -0.15) is 0 Å². The van der Waals surface area contributed by atoms with Gasteiger partial charge in [0.05, 0.1) is 6.61 Å². The van der Waals surface area contributed by atoms with Crippen molar-refractivity contribution >= 4 is 17.7 Å². The van der Waals surface area contributed by atoms with Crippen molar-refractivity contribution in [3.05, 3.63) is 0 Å². The molecule has 0 aromatic rings. The fourth-order valence-electron chi connectivity index (χ4n) is 0.766. The molecule has 0 heterocycles. The minimum Gasteiger partial charge on any atom is -0.480 e. The second-order valence-corrected chi connectivity index (χ2v) is 5.35. The Labute approximate surface area is 90.2 Å². The summed E-state index contributed by atoms with van der Waals surface area (Å²) >= 11 is 1.42. The van der Waals surface area contributed by atoms with Gasteiger partial charge in [-0.15, -0.1) is 11.8 Å². The summed E-state index contributed by atoms with van der Waals surface area (Å²) in [5, 5.41) is 8.82. The first-order valence-electron chi connectivity index (χ1n) is 4.95. The zero-order valence-corrected chi connectivity index (χ0v) is 10.0. The molecule has 0 aliphatic rings. The quantitative estimate of drug-likeness (QED) is 0.638. The Hall–Kier alpha value is -0.220. The topological polar surface area (TPSA) is 46.5 Å². The molecule has 0 radical (unpaired) electrons. The molecule has 0 saturated heterocycles. The lowest BCUT2D eigenvalue weighted by atomic mass is 10.2. The van der Waals surface area contributed by atoms with E-state index < -0.39 is 10.7 Å². The lowest BCUT2D eigenvalue weighted by Gasteiger charge is -2.17. The van der Waals surface area contributed by atoms with Crippen LogP contribution in [0.15, 0.2) is 0 Å². The van der Waals surface area contributed by atoms with Crippen molar-refractivity contribution in [3.8, 4) is 0 Å². The highest BCUT2D eigenvalue weighted by atomic mass is 32.2. The van der Waals surface area contributed by atoms with Crippen LogP contribution in [0.4, 0.5) is 0 Å². The first-order valence-corrected chi connectivity index (χ1v) is 5.94. The van der Waals surface area contributed by atoms with Crippen LogP contribution in [-0.4, -0.2) is 34.8 Å². The molecule has 0 amide bonds. The maximum atomic E-state index is 10.7. The minimum atomic E-state index is -0.768. The van der Waals surface area contributed by atoms with Crippen molar-refractivity contribution in [1.82, 2.24) is 0 Å². The van der Waals surface area contributed by atoms with E-state index in [4.69, 9.17) is 9.84 Å². The van der Waals surface area contributed by atoms with Gasteiger partial charge in [-0.1, -0.05) is 13.3 Å². The Balaban J connectivity index is 3.40. The molecule has 84 valence electrons. The minimum absolute atomic E-state index is 0.640. The Kier molecular flexibility index (Phi) is 7.01. The number of thioether (sulfide) groups is 1. The van der Waals surface area contributed by atoms with E-state index in [-0.39, 0.29) is 0 Å². The Morgan fingerprint density at radius 2 is 2.07 bits per heavy atom. The molecule has 0 atom stereocenters. The highest BCUT2D eigenvalue weighted by molar-refractivity contribution is 8.01. The summed E-state index contributed by atoms with van der Waals surface area (Å²) in [6.07, 6.45) is 2.21. The molecule has 3 nitrogen and oxygen atoms in total. The molecule has 0 fully saturated rings. The molecule has 0 unspecified atom stereocenters. The van der Waals surface area contributed by atoms with Crippen LogP contribution < -0.4 is 0 Å². The first kappa shape index (κ1) is 13.8. The molecule has 0 aliphatic carbocycles. The summed E-state index contributed by atoms with van der Waals surface area (Å²) in [6, 6.07) is 0. The van der Waals surface area contributed by atoms with Crippen LogP contribution >= 0.6 is 11.8 Å². The lowest BCUT2D eigenvalue weighted by Crippen LogP contribution is -2.28.